The second kappa shape index (κ2) is 11.2. The molecule has 1 fully saturated rings. The van der Waals surface area contributed by atoms with Crippen molar-refractivity contribution in [3.05, 3.63) is 0 Å². The van der Waals surface area contributed by atoms with E-state index in [0.29, 0.717) is 26.3 Å². The Kier molecular flexibility index (Phi) is 10.5. The molecule has 0 unspecified atom stereocenters. The maximum absolute atomic E-state index is 11.8. The van der Waals surface area contributed by atoms with Crippen molar-refractivity contribution >= 4 is 30.1 Å². The molecule has 134 valence electrons. The average Bonchev–Trinajstić information content (AvgIpc) is 2.52. The number of carbonyl (C=O) groups is 3. The normalized spacial score (nSPS) is 15.6. The van der Waals surface area contributed by atoms with Crippen molar-refractivity contribution in [1.82, 2.24) is 15.5 Å². The Labute approximate surface area is 142 Å². The highest BCUT2D eigenvalue weighted by Gasteiger charge is 2.18. The largest absolute Gasteiger partial charge is 0.378 e. The summed E-state index contributed by atoms with van der Waals surface area (Å²) in [5.74, 6) is -0.683. The van der Waals surface area contributed by atoms with Gasteiger partial charge in [-0.05, 0) is 5.92 Å². The average molecular weight is 351 g/mol. The molecular formula is C14H27ClN4O4. The molecule has 1 rings (SSSR count). The number of carbonyl (C=O) groups excluding carboxylic acids is 3. The van der Waals surface area contributed by atoms with Crippen molar-refractivity contribution in [2.24, 2.45) is 11.7 Å². The third-order valence-corrected chi connectivity index (χ3v) is 3.47. The lowest BCUT2D eigenvalue weighted by atomic mass is 10.1. The molecule has 0 aromatic heterocycles. The first-order chi connectivity index (χ1) is 10.4. The quantitative estimate of drug-likeness (QED) is 0.538. The summed E-state index contributed by atoms with van der Waals surface area (Å²) in [4.78, 5) is 36.7. The number of nitrogens with zero attached hydrogens (tertiary/aromatic N) is 1. The third kappa shape index (κ3) is 8.15. The molecule has 0 bridgehead atoms. The molecular weight excluding hydrogens is 324 g/mol. The van der Waals surface area contributed by atoms with Gasteiger partial charge in [-0.1, -0.05) is 13.8 Å². The van der Waals surface area contributed by atoms with Crippen LogP contribution in [0.3, 0.4) is 0 Å². The molecule has 0 aromatic rings. The Morgan fingerprint density at radius 2 is 1.78 bits per heavy atom. The molecule has 0 radical (unpaired) electrons. The summed E-state index contributed by atoms with van der Waals surface area (Å²) in [7, 11) is 0. The monoisotopic (exact) mass is 350 g/mol. The first-order valence-corrected chi connectivity index (χ1v) is 7.57. The molecule has 8 nitrogen and oxygen atoms in total. The van der Waals surface area contributed by atoms with Crippen LogP contribution in [-0.4, -0.2) is 68.1 Å². The van der Waals surface area contributed by atoms with Gasteiger partial charge in [-0.25, -0.2) is 0 Å². The van der Waals surface area contributed by atoms with Gasteiger partial charge >= 0.3 is 0 Å². The molecule has 4 N–H and O–H groups in total. The fraction of sp³-hybridized carbons (Fsp3) is 0.786. The predicted molar refractivity (Wildman–Crippen MR) is 88.1 cm³/mol. The van der Waals surface area contributed by atoms with Crippen LogP contribution in [0.4, 0.5) is 0 Å². The maximum Gasteiger partial charge on any atom is 0.239 e. The van der Waals surface area contributed by atoms with E-state index in [0.717, 1.165) is 0 Å². The van der Waals surface area contributed by atoms with E-state index in [4.69, 9.17) is 10.5 Å². The van der Waals surface area contributed by atoms with E-state index in [1.807, 2.05) is 13.8 Å². The Morgan fingerprint density at radius 3 is 2.35 bits per heavy atom. The Bertz CT molecular complexity index is 400. The van der Waals surface area contributed by atoms with Gasteiger partial charge in [0.25, 0.3) is 0 Å². The number of hydrogen-bond acceptors (Lipinski definition) is 5. The van der Waals surface area contributed by atoms with Crippen LogP contribution < -0.4 is 16.4 Å². The highest BCUT2D eigenvalue weighted by atomic mass is 35.5. The molecule has 1 heterocycles. The van der Waals surface area contributed by atoms with E-state index in [1.165, 1.54) is 0 Å². The van der Waals surface area contributed by atoms with Crippen LogP contribution >= 0.6 is 12.4 Å². The van der Waals surface area contributed by atoms with E-state index in [-0.39, 0.29) is 55.6 Å². The Balaban J connectivity index is 0.00000484. The molecule has 0 spiro atoms. The van der Waals surface area contributed by atoms with Crippen molar-refractivity contribution in [3.8, 4) is 0 Å². The lowest BCUT2D eigenvalue weighted by molar-refractivity contribution is -0.135. The van der Waals surface area contributed by atoms with E-state index < -0.39 is 6.04 Å². The second-order valence-corrected chi connectivity index (χ2v) is 5.58. The highest BCUT2D eigenvalue weighted by Crippen LogP contribution is 1.99. The maximum atomic E-state index is 11.8. The standard InChI is InChI=1S/C14H26N4O4.ClH/c1-10(2)13(15)14(21)17-9-11(19)16-4-3-12(20)18-5-7-22-8-6-18;/h10,13H,3-9,15H2,1-2H3,(H,16,19)(H,17,21);1H/t13-;/m0./s1. The summed E-state index contributed by atoms with van der Waals surface area (Å²) in [5, 5.41) is 5.08. The van der Waals surface area contributed by atoms with Gasteiger partial charge in [0.2, 0.25) is 17.7 Å². The van der Waals surface area contributed by atoms with Gasteiger partial charge in [0, 0.05) is 26.1 Å². The molecule has 23 heavy (non-hydrogen) atoms. The molecule has 1 aliphatic heterocycles. The number of nitrogens with one attached hydrogen (secondary N) is 2. The van der Waals surface area contributed by atoms with E-state index in [1.54, 1.807) is 4.90 Å². The zero-order chi connectivity index (χ0) is 16.5. The van der Waals surface area contributed by atoms with Gasteiger partial charge in [-0.15, -0.1) is 12.4 Å². The SMILES string of the molecule is CC(C)[C@H](N)C(=O)NCC(=O)NCCC(=O)N1CCOCC1.Cl. The number of hydrogen-bond donors (Lipinski definition) is 3. The summed E-state index contributed by atoms with van der Waals surface area (Å²) >= 11 is 0. The van der Waals surface area contributed by atoms with Crippen LogP contribution in [0.2, 0.25) is 0 Å². The number of nitrogens with two attached hydrogens (primary N) is 1. The fourth-order valence-corrected chi connectivity index (χ4v) is 1.93. The number of rotatable bonds is 7. The summed E-state index contributed by atoms with van der Waals surface area (Å²) in [6.07, 6.45) is 0.241. The second-order valence-electron chi connectivity index (χ2n) is 5.58. The van der Waals surface area contributed by atoms with E-state index in [2.05, 4.69) is 10.6 Å². The van der Waals surface area contributed by atoms with Gasteiger partial charge in [0.15, 0.2) is 0 Å². The zero-order valence-corrected chi connectivity index (χ0v) is 14.5. The van der Waals surface area contributed by atoms with Gasteiger partial charge in [-0.2, -0.15) is 0 Å². The Morgan fingerprint density at radius 1 is 1.17 bits per heavy atom. The summed E-state index contributed by atoms with van der Waals surface area (Å²) < 4.78 is 5.17. The molecule has 0 aromatic carbocycles. The molecule has 0 saturated carbocycles. The number of ether oxygens (including phenoxy) is 1. The van der Waals surface area contributed by atoms with Crippen LogP contribution in [0.1, 0.15) is 20.3 Å². The van der Waals surface area contributed by atoms with Crippen molar-refractivity contribution in [1.29, 1.82) is 0 Å². The molecule has 1 saturated heterocycles. The smallest absolute Gasteiger partial charge is 0.239 e. The van der Waals surface area contributed by atoms with Gasteiger partial charge in [0.1, 0.15) is 0 Å². The van der Waals surface area contributed by atoms with Crippen molar-refractivity contribution < 1.29 is 19.1 Å². The van der Waals surface area contributed by atoms with Gasteiger partial charge < -0.3 is 26.0 Å². The lowest BCUT2D eigenvalue weighted by Crippen LogP contribution is -2.47. The predicted octanol–water partition coefficient (Wildman–Crippen LogP) is -1.13. The lowest BCUT2D eigenvalue weighted by Gasteiger charge is -2.26. The third-order valence-electron chi connectivity index (χ3n) is 3.47. The van der Waals surface area contributed by atoms with E-state index >= 15 is 0 Å². The number of morpholine rings is 1. The van der Waals surface area contributed by atoms with Crippen LogP contribution in [0.5, 0.6) is 0 Å². The topological polar surface area (TPSA) is 114 Å². The van der Waals surface area contributed by atoms with Crippen LogP contribution in [-0.2, 0) is 19.1 Å². The number of halogens is 1. The number of amides is 3. The van der Waals surface area contributed by atoms with E-state index in [9.17, 15) is 14.4 Å². The minimum atomic E-state index is -0.629. The fourth-order valence-electron chi connectivity index (χ4n) is 1.93. The Hall–Kier alpha value is -1.38. The molecule has 0 aliphatic carbocycles. The van der Waals surface area contributed by atoms with Crippen molar-refractivity contribution in [3.63, 3.8) is 0 Å². The van der Waals surface area contributed by atoms with Crippen LogP contribution in [0.25, 0.3) is 0 Å². The molecule has 1 aliphatic rings. The first-order valence-electron chi connectivity index (χ1n) is 7.57. The summed E-state index contributed by atoms with van der Waals surface area (Å²) in [5.41, 5.74) is 5.66. The van der Waals surface area contributed by atoms with Crippen LogP contribution in [0, 0.1) is 5.92 Å². The summed E-state index contributed by atoms with van der Waals surface area (Å²) in [6.45, 7) is 6.08. The summed E-state index contributed by atoms with van der Waals surface area (Å²) in [6, 6.07) is -0.629. The molecule has 3 amide bonds. The van der Waals surface area contributed by atoms with Gasteiger partial charge in [-0.3, -0.25) is 14.4 Å². The minimum absolute atomic E-state index is 0. The highest BCUT2D eigenvalue weighted by molar-refractivity contribution is 5.87. The van der Waals surface area contributed by atoms with Gasteiger partial charge in [0.05, 0.1) is 25.8 Å². The molecule has 9 heteroatoms. The first kappa shape index (κ1) is 21.6. The van der Waals surface area contributed by atoms with Crippen LogP contribution in [0.15, 0.2) is 0 Å². The van der Waals surface area contributed by atoms with Crippen molar-refractivity contribution in [2.45, 2.75) is 26.3 Å². The van der Waals surface area contributed by atoms with Crippen molar-refractivity contribution in [2.75, 3.05) is 39.4 Å². The zero-order valence-electron chi connectivity index (χ0n) is 13.7. The minimum Gasteiger partial charge on any atom is -0.378 e. The molecule has 1 atom stereocenters.